The minimum Gasteiger partial charge on any atom is -0.426 e. The highest BCUT2D eigenvalue weighted by Crippen LogP contribution is 2.22. The third kappa shape index (κ3) is 3.18. The number of aromatic nitrogens is 1. The molecular weight excluding hydrogens is 278 g/mol. The number of nitrogens with one attached hydrogen (secondary N) is 1. The summed E-state index contributed by atoms with van der Waals surface area (Å²) in [5, 5.41) is 11.6. The molecule has 100 valence electrons. The summed E-state index contributed by atoms with van der Waals surface area (Å²) in [6.45, 7) is 1.26. The molecule has 0 unspecified atom stereocenters. The number of hydrogen-bond donors (Lipinski definition) is 1. The van der Waals surface area contributed by atoms with Gasteiger partial charge in [0.15, 0.2) is 5.13 Å². The molecule has 20 heavy (non-hydrogen) atoms. The SMILES string of the molecule is CC(=O)Oc1ccccc1C(=O)Nc1ncc(C#N)s1. The molecule has 2 aromatic rings. The van der Waals surface area contributed by atoms with Gasteiger partial charge in [0.05, 0.1) is 11.8 Å². The van der Waals surface area contributed by atoms with Crippen LogP contribution >= 0.6 is 11.3 Å². The molecule has 0 aliphatic rings. The van der Waals surface area contributed by atoms with Crippen LogP contribution in [0.3, 0.4) is 0 Å². The highest BCUT2D eigenvalue weighted by atomic mass is 32.1. The fourth-order valence-electron chi connectivity index (χ4n) is 1.45. The summed E-state index contributed by atoms with van der Waals surface area (Å²) in [6, 6.07) is 8.31. The topological polar surface area (TPSA) is 92.1 Å². The second kappa shape index (κ2) is 5.95. The van der Waals surface area contributed by atoms with Gasteiger partial charge in [-0.1, -0.05) is 23.5 Å². The van der Waals surface area contributed by atoms with Gasteiger partial charge in [-0.2, -0.15) is 5.26 Å². The molecule has 0 aliphatic carbocycles. The number of benzene rings is 1. The van der Waals surface area contributed by atoms with Crippen LogP contribution in [0.15, 0.2) is 30.5 Å². The van der Waals surface area contributed by atoms with E-state index < -0.39 is 11.9 Å². The van der Waals surface area contributed by atoms with E-state index in [2.05, 4.69) is 10.3 Å². The largest absolute Gasteiger partial charge is 0.426 e. The van der Waals surface area contributed by atoms with Crippen LogP contribution in [0, 0.1) is 11.3 Å². The normalized spacial score (nSPS) is 9.60. The second-order valence-corrected chi connectivity index (χ2v) is 4.72. The predicted molar refractivity (Wildman–Crippen MR) is 72.5 cm³/mol. The van der Waals surface area contributed by atoms with Gasteiger partial charge in [-0.3, -0.25) is 14.9 Å². The van der Waals surface area contributed by atoms with Crippen molar-refractivity contribution in [3.63, 3.8) is 0 Å². The summed E-state index contributed by atoms with van der Waals surface area (Å²) in [6.07, 6.45) is 1.37. The fourth-order valence-corrected chi connectivity index (χ4v) is 2.05. The van der Waals surface area contributed by atoms with E-state index in [-0.39, 0.29) is 11.3 Å². The monoisotopic (exact) mass is 287 g/mol. The first-order valence-corrected chi connectivity index (χ1v) is 6.36. The van der Waals surface area contributed by atoms with Crippen LogP contribution in [0.5, 0.6) is 5.75 Å². The third-order valence-corrected chi connectivity index (χ3v) is 3.04. The zero-order valence-electron chi connectivity index (χ0n) is 10.4. The van der Waals surface area contributed by atoms with Gasteiger partial charge < -0.3 is 4.74 Å². The van der Waals surface area contributed by atoms with Gasteiger partial charge in [0.2, 0.25) is 0 Å². The van der Waals surface area contributed by atoms with Crippen molar-refractivity contribution >= 4 is 28.3 Å². The van der Waals surface area contributed by atoms with E-state index in [1.807, 2.05) is 6.07 Å². The molecule has 1 aromatic carbocycles. The lowest BCUT2D eigenvalue weighted by Gasteiger charge is -2.07. The van der Waals surface area contributed by atoms with Gasteiger partial charge in [-0.15, -0.1) is 0 Å². The smallest absolute Gasteiger partial charge is 0.308 e. The average Bonchev–Trinajstić information content (AvgIpc) is 2.86. The minimum absolute atomic E-state index is 0.176. The van der Waals surface area contributed by atoms with Gasteiger partial charge in [0.25, 0.3) is 5.91 Å². The van der Waals surface area contributed by atoms with Crippen LogP contribution in [-0.4, -0.2) is 16.9 Å². The van der Waals surface area contributed by atoms with Crippen molar-refractivity contribution in [3.8, 4) is 11.8 Å². The Balaban J connectivity index is 2.21. The molecule has 1 aromatic heterocycles. The number of amides is 1. The number of nitrogens with zero attached hydrogens (tertiary/aromatic N) is 2. The van der Waals surface area contributed by atoms with Crippen molar-refractivity contribution in [1.29, 1.82) is 5.26 Å². The van der Waals surface area contributed by atoms with Crippen LogP contribution in [0.2, 0.25) is 0 Å². The number of hydrogen-bond acceptors (Lipinski definition) is 6. The van der Waals surface area contributed by atoms with Crippen molar-refractivity contribution in [2.75, 3.05) is 5.32 Å². The van der Waals surface area contributed by atoms with E-state index in [1.54, 1.807) is 12.1 Å². The summed E-state index contributed by atoms with van der Waals surface area (Å²) in [7, 11) is 0. The standard InChI is InChI=1S/C13H9N3O3S/c1-8(17)19-11-5-3-2-4-10(11)12(18)16-13-15-7-9(6-14)20-13/h2-5,7H,1H3,(H,15,16,18). The van der Waals surface area contributed by atoms with Gasteiger partial charge >= 0.3 is 5.97 Å². The molecule has 0 aliphatic heterocycles. The fraction of sp³-hybridized carbons (Fsp3) is 0.0769. The van der Waals surface area contributed by atoms with Crippen LogP contribution in [0.25, 0.3) is 0 Å². The molecule has 0 radical (unpaired) electrons. The molecule has 0 saturated heterocycles. The number of carbonyl (C=O) groups excluding carboxylic acids is 2. The Hall–Kier alpha value is -2.72. The predicted octanol–water partition coefficient (Wildman–Crippen LogP) is 2.19. The van der Waals surface area contributed by atoms with Crippen LogP contribution in [0.4, 0.5) is 5.13 Å². The highest BCUT2D eigenvalue weighted by Gasteiger charge is 2.15. The second-order valence-electron chi connectivity index (χ2n) is 3.69. The molecule has 6 nitrogen and oxygen atoms in total. The Bertz CT molecular complexity index is 703. The lowest BCUT2D eigenvalue weighted by atomic mass is 10.2. The lowest BCUT2D eigenvalue weighted by Crippen LogP contribution is -2.14. The van der Waals surface area contributed by atoms with Crippen LogP contribution in [-0.2, 0) is 4.79 Å². The van der Waals surface area contributed by atoms with Crippen molar-refractivity contribution in [3.05, 3.63) is 40.9 Å². The number of thiazole rings is 1. The number of ether oxygens (including phenoxy) is 1. The Labute approximate surface area is 118 Å². The molecule has 0 bridgehead atoms. The van der Waals surface area contributed by atoms with Gasteiger partial charge in [-0.25, -0.2) is 4.98 Å². The number of nitriles is 1. The van der Waals surface area contributed by atoms with Gasteiger partial charge in [0, 0.05) is 6.92 Å². The molecule has 1 N–H and O–H groups in total. The molecule has 0 fully saturated rings. The molecule has 0 atom stereocenters. The highest BCUT2D eigenvalue weighted by molar-refractivity contribution is 7.16. The van der Waals surface area contributed by atoms with E-state index in [0.29, 0.717) is 10.0 Å². The average molecular weight is 287 g/mol. The van der Waals surface area contributed by atoms with E-state index in [9.17, 15) is 9.59 Å². The third-order valence-electron chi connectivity index (χ3n) is 2.22. The maximum atomic E-state index is 12.1. The van der Waals surface area contributed by atoms with E-state index >= 15 is 0 Å². The summed E-state index contributed by atoms with van der Waals surface area (Å²) >= 11 is 1.06. The zero-order chi connectivity index (χ0) is 14.5. The van der Waals surface area contributed by atoms with Crippen molar-refractivity contribution in [2.45, 2.75) is 6.92 Å². The molecule has 0 saturated carbocycles. The Morgan fingerprint density at radius 2 is 2.15 bits per heavy atom. The zero-order valence-corrected chi connectivity index (χ0v) is 11.2. The van der Waals surface area contributed by atoms with Crippen molar-refractivity contribution in [2.24, 2.45) is 0 Å². The van der Waals surface area contributed by atoms with Gasteiger partial charge in [-0.05, 0) is 12.1 Å². The number of para-hydroxylation sites is 1. The maximum Gasteiger partial charge on any atom is 0.308 e. The van der Waals surface area contributed by atoms with E-state index in [1.165, 1.54) is 25.3 Å². The summed E-state index contributed by atoms with van der Waals surface area (Å²) in [4.78, 5) is 27.4. The Morgan fingerprint density at radius 1 is 1.40 bits per heavy atom. The quantitative estimate of drug-likeness (QED) is 0.690. The minimum atomic E-state index is -0.508. The molecule has 2 rings (SSSR count). The van der Waals surface area contributed by atoms with Crippen molar-refractivity contribution in [1.82, 2.24) is 4.98 Å². The molecular formula is C13H9N3O3S. The van der Waals surface area contributed by atoms with Crippen LogP contribution in [0.1, 0.15) is 22.2 Å². The van der Waals surface area contributed by atoms with E-state index in [0.717, 1.165) is 11.3 Å². The van der Waals surface area contributed by atoms with Crippen LogP contribution < -0.4 is 10.1 Å². The lowest BCUT2D eigenvalue weighted by molar-refractivity contribution is -0.131. The summed E-state index contributed by atoms with van der Waals surface area (Å²) < 4.78 is 4.96. The number of anilines is 1. The molecule has 7 heteroatoms. The molecule has 1 amide bonds. The first-order valence-electron chi connectivity index (χ1n) is 5.55. The first kappa shape index (κ1) is 13.7. The summed E-state index contributed by atoms with van der Waals surface area (Å²) in [5.41, 5.74) is 0.219. The Kier molecular flexibility index (Phi) is 4.08. The van der Waals surface area contributed by atoms with Gasteiger partial charge in [0.1, 0.15) is 16.7 Å². The Morgan fingerprint density at radius 3 is 2.80 bits per heavy atom. The van der Waals surface area contributed by atoms with Crippen molar-refractivity contribution < 1.29 is 14.3 Å². The molecule has 1 heterocycles. The molecule has 0 spiro atoms. The first-order chi connectivity index (χ1) is 9.60. The number of esters is 1. The van der Waals surface area contributed by atoms with E-state index in [4.69, 9.17) is 10.00 Å². The summed E-state index contributed by atoms with van der Waals surface area (Å²) in [5.74, 6) is -0.790. The number of carbonyl (C=O) groups is 2. The number of rotatable bonds is 3. The maximum absolute atomic E-state index is 12.1.